The lowest BCUT2D eigenvalue weighted by Crippen LogP contribution is -2.03. The molecule has 0 spiro atoms. The van der Waals surface area contributed by atoms with Crippen molar-refractivity contribution < 1.29 is 19.4 Å². The predicted molar refractivity (Wildman–Crippen MR) is 49.7 cm³/mol. The fourth-order valence-electron chi connectivity index (χ4n) is 0.0833. The summed E-state index contributed by atoms with van der Waals surface area (Å²) in [6.07, 6.45) is 1.11. The van der Waals surface area contributed by atoms with Crippen molar-refractivity contribution >= 4 is 11.9 Å². The summed E-state index contributed by atoms with van der Waals surface area (Å²) >= 11 is 0. The molecular weight excluding hydrogens is 174 g/mol. The summed E-state index contributed by atoms with van der Waals surface area (Å²) in [4.78, 5) is 19.5. The van der Waals surface area contributed by atoms with Crippen LogP contribution >= 0.6 is 0 Å². The molecule has 0 saturated heterocycles. The van der Waals surface area contributed by atoms with E-state index in [4.69, 9.17) is 5.11 Å². The second kappa shape index (κ2) is 10.6. The number of carboxylic acid groups (broad SMARTS) is 1. The Kier molecular flexibility index (Phi) is 14.4. The van der Waals surface area contributed by atoms with Crippen LogP contribution in [0, 0.1) is 5.92 Å². The third-order valence-corrected chi connectivity index (χ3v) is 0.862. The Morgan fingerprint density at radius 3 is 1.77 bits per heavy atom. The molecule has 0 aliphatic carbocycles. The van der Waals surface area contributed by atoms with E-state index in [1.807, 2.05) is 0 Å². The van der Waals surface area contributed by atoms with Crippen LogP contribution in [-0.4, -0.2) is 24.2 Å². The minimum atomic E-state index is -0.741. The molecule has 0 fully saturated rings. The predicted octanol–water partition coefficient (Wildman–Crippen LogP) is 1.23. The molecule has 0 aromatic carbocycles. The molecule has 13 heavy (non-hydrogen) atoms. The maximum Gasteiger partial charge on any atom is 0.329 e. The highest BCUT2D eigenvalue weighted by Gasteiger charge is 1.99. The van der Waals surface area contributed by atoms with Crippen LogP contribution in [0.15, 0.2) is 12.7 Å². The first-order valence-corrected chi connectivity index (χ1v) is 3.38. The molecule has 0 saturated carbocycles. The van der Waals surface area contributed by atoms with Crippen molar-refractivity contribution in [2.45, 2.75) is 13.8 Å². The van der Waals surface area contributed by atoms with Crippen LogP contribution in [0.3, 0.4) is 0 Å². The summed E-state index contributed by atoms with van der Waals surface area (Å²) in [5.74, 6) is -1.37. The summed E-state index contributed by atoms with van der Waals surface area (Å²) in [6.45, 7) is 6.44. The van der Waals surface area contributed by atoms with Crippen molar-refractivity contribution in [3.05, 3.63) is 12.7 Å². The number of ether oxygens (including phenoxy) is 1. The van der Waals surface area contributed by atoms with Crippen LogP contribution < -0.4 is 6.15 Å². The van der Waals surface area contributed by atoms with Crippen molar-refractivity contribution in [1.29, 1.82) is 0 Å². The summed E-state index contributed by atoms with van der Waals surface area (Å²) in [7, 11) is 1.31. The van der Waals surface area contributed by atoms with Crippen LogP contribution in [0.25, 0.3) is 0 Å². The Bertz CT molecular complexity index is 166. The molecule has 0 heterocycles. The van der Waals surface area contributed by atoms with Gasteiger partial charge in [-0.25, -0.2) is 4.79 Å². The number of carbonyl (C=O) groups is 2. The van der Waals surface area contributed by atoms with Gasteiger partial charge in [0.2, 0.25) is 0 Å². The third kappa shape index (κ3) is 18.0. The second-order valence-electron chi connectivity index (χ2n) is 2.22. The Morgan fingerprint density at radius 2 is 1.77 bits per heavy atom. The zero-order valence-corrected chi connectivity index (χ0v) is 8.24. The molecule has 5 heteroatoms. The van der Waals surface area contributed by atoms with Gasteiger partial charge in [0.05, 0.1) is 13.0 Å². The van der Waals surface area contributed by atoms with Crippen molar-refractivity contribution in [3.8, 4) is 0 Å². The smallest absolute Gasteiger partial charge is 0.329 e. The van der Waals surface area contributed by atoms with Gasteiger partial charge in [0.15, 0.2) is 0 Å². The van der Waals surface area contributed by atoms with Gasteiger partial charge in [-0.1, -0.05) is 20.4 Å². The molecule has 0 amide bonds. The summed E-state index contributed by atoms with van der Waals surface area (Å²) < 4.78 is 4.14. The second-order valence-corrected chi connectivity index (χ2v) is 2.22. The molecule has 0 aliphatic heterocycles. The fraction of sp³-hybridized carbons (Fsp3) is 0.500. The molecule has 78 valence electrons. The van der Waals surface area contributed by atoms with Crippen LogP contribution in [-0.2, 0) is 14.3 Å². The van der Waals surface area contributed by atoms with E-state index < -0.39 is 11.9 Å². The Morgan fingerprint density at radius 1 is 1.46 bits per heavy atom. The maximum atomic E-state index is 9.84. The molecular formula is C8H17NO4. The summed E-state index contributed by atoms with van der Waals surface area (Å²) in [5.41, 5.74) is 0. The standard InChI is InChI=1S/C4H6O2.C4H8O2.H3N/c1-3-4(5)6-2;1-3(2)4(5)6;/h3H,1H2,2H3;3H,1-2H3,(H,5,6);1H3. The lowest BCUT2D eigenvalue weighted by molar-refractivity contribution is -0.140. The largest absolute Gasteiger partial charge is 0.481 e. The summed E-state index contributed by atoms with van der Waals surface area (Å²) in [6, 6.07) is 0. The van der Waals surface area contributed by atoms with Gasteiger partial charge in [-0.15, -0.1) is 0 Å². The minimum Gasteiger partial charge on any atom is -0.481 e. The number of hydrogen-bond acceptors (Lipinski definition) is 4. The van der Waals surface area contributed by atoms with E-state index in [2.05, 4.69) is 11.3 Å². The SMILES string of the molecule is C=CC(=O)OC.CC(C)C(=O)O.N. The number of carboxylic acids is 1. The lowest BCUT2D eigenvalue weighted by Gasteiger charge is -1.89. The van der Waals surface area contributed by atoms with Gasteiger partial charge >= 0.3 is 11.9 Å². The van der Waals surface area contributed by atoms with Gasteiger partial charge in [0, 0.05) is 6.08 Å². The van der Waals surface area contributed by atoms with Crippen LogP contribution in [0.4, 0.5) is 0 Å². The van der Waals surface area contributed by atoms with E-state index in [-0.39, 0.29) is 12.1 Å². The van der Waals surface area contributed by atoms with Crippen molar-refractivity contribution in [2.24, 2.45) is 5.92 Å². The molecule has 0 bridgehead atoms. The molecule has 0 rings (SSSR count). The number of rotatable bonds is 2. The third-order valence-electron chi connectivity index (χ3n) is 0.862. The Hall–Kier alpha value is -1.36. The van der Waals surface area contributed by atoms with Gasteiger partial charge in [0.25, 0.3) is 0 Å². The number of hydrogen-bond donors (Lipinski definition) is 2. The van der Waals surface area contributed by atoms with Crippen LogP contribution in [0.5, 0.6) is 0 Å². The highest BCUT2D eigenvalue weighted by Crippen LogP contribution is 1.87. The first kappa shape index (κ1) is 17.7. The van der Waals surface area contributed by atoms with Gasteiger partial charge in [0.1, 0.15) is 0 Å². The topological polar surface area (TPSA) is 98.6 Å². The van der Waals surface area contributed by atoms with E-state index in [0.717, 1.165) is 6.08 Å². The zero-order chi connectivity index (χ0) is 10.1. The highest BCUT2D eigenvalue weighted by molar-refractivity contribution is 5.80. The molecule has 0 unspecified atom stereocenters. The monoisotopic (exact) mass is 191 g/mol. The van der Waals surface area contributed by atoms with Crippen LogP contribution in [0.1, 0.15) is 13.8 Å². The van der Waals surface area contributed by atoms with Gasteiger partial charge < -0.3 is 16.0 Å². The van der Waals surface area contributed by atoms with Crippen molar-refractivity contribution in [1.82, 2.24) is 6.15 Å². The number of aliphatic carboxylic acids is 1. The van der Waals surface area contributed by atoms with E-state index in [0.29, 0.717) is 0 Å². The number of esters is 1. The normalized spacial score (nSPS) is 7.38. The van der Waals surface area contributed by atoms with E-state index >= 15 is 0 Å². The lowest BCUT2D eigenvalue weighted by atomic mass is 10.2. The highest BCUT2D eigenvalue weighted by atomic mass is 16.5. The average Bonchev–Trinajstić information content (AvgIpc) is 2.04. The zero-order valence-electron chi connectivity index (χ0n) is 8.24. The van der Waals surface area contributed by atoms with E-state index in [9.17, 15) is 9.59 Å². The van der Waals surface area contributed by atoms with Crippen LogP contribution in [0.2, 0.25) is 0 Å². The first-order chi connectivity index (χ1) is 5.45. The van der Waals surface area contributed by atoms with Gasteiger partial charge in [-0.2, -0.15) is 0 Å². The minimum absolute atomic E-state index is 0. The average molecular weight is 191 g/mol. The maximum absolute atomic E-state index is 9.84. The molecule has 5 nitrogen and oxygen atoms in total. The molecule has 0 radical (unpaired) electrons. The molecule has 0 atom stereocenters. The fourth-order valence-corrected chi connectivity index (χ4v) is 0.0833. The van der Waals surface area contributed by atoms with Gasteiger partial charge in [-0.3, -0.25) is 4.79 Å². The van der Waals surface area contributed by atoms with E-state index in [1.54, 1.807) is 13.8 Å². The number of carbonyl (C=O) groups excluding carboxylic acids is 1. The Labute approximate surface area is 78.0 Å². The summed E-state index contributed by atoms with van der Waals surface area (Å²) in [5, 5.41) is 7.99. The van der Waals surface area contributed by atoms with E-state index in [1.165, 1.54) is 7.11 Å². The van der Waals surface area contributed by atoms with Crippen molar-refractivity contribution in [3.63, 3.8) is 0 Å². The number of methoxy groups -OCH3 is 1. The van der Waals surface area contributed by atoms with Crippen molar-refractivity contribution in [2.75, 3.05) is 7.11 Å². The first-order valence-electron chi connectivity index (χ1n) is 3.38. The Balaban J connectivity index is -0.000000143. The quantitative estimate of drug-likeness (QED) is 0.505. The van der Waals surface area contributed by atoms with Gasteiger partial charge in [-0.05, 0) is 0 Å². The molecule has 0 aliphatic rings. The molecule has 0 aromatic rings. The molecule has 0 aromatic heterocycles. The molecule has 4 N–H and O–H groups in total.